The first-order valence-electron chi connectivity index (χ1n) is 34.2. The molecule has 0 radical (unpaired) electrons. The van der Waals surface area contributed by atoms with Crippen molar-refractivity contribution in [2.24, 2.45) is 0 Å². The highest BCUT2D eigenvalue weighted by atomic mass is 16.7. The lowest BCUT2D eigenvalue weighted by Gasteiger charge is -2.42. The fourth-order valence-corrected chi connectivity index (χ4v) is 11.2. The third kappa shape index (κ3) is 33.0. The minimum absolute atomic E-state index is 0.0945. The molecule has 0 aromatic rings. The predicted molar refractivity (Wildman–Crippen MR) is 342 cm³/mol. The van der Waals surface area contributed by atoms with Crippen LogP contribution in [0.15, 0.2) is 0 Å². The van der Waals surface area contributed by atoms with Crippen molar-refractivity contribution in [3.63, 3.8) is 0 Å². The van der Waals surface area contributed by atoms with Gasteiger partial charge >= 0.3 is 0 Å². The van der Waals surface area contributed by atoms with Gasteiger partial charge in [-0.3, -0.25) is 43.2 Å². The van der Waals surface area contributed by atoms with E-state index in [9.17, 15) is 89.1 Å². The van der Waals surface area contributed by atoms with Gasteiger partial charge in [-0.05, 0) is 64.2 Å². The van der Waals surface area contributed by atoms with Crippen LogP contribution in [0.25, 0.3) is 0 Å². The first-order chi connectivity index (χ1) is 46.1. The quantitative estimate of drug-likeness (QED) is 0.0206. The molecule has 9 amide bonds. The Hall–Kier alpha value is -5.37. The van der Waals surface area contributed by atoms with Crippen LogP contribution >= 0.6 is 0 Å². The smallest absolute Gasteiger partial charge is 0.242 e. The normalized spacial score (nSPS) is 26.3. The van der Waals surface area contributed by atoms with Crippen molar-refractivity contribution in [1.29, 1.82) is 0 Å². The van der Waals surface area contributed by atoms with Crippen LogP contribution in [0.4, 0.5) is 0 Å². The van der Waals surface area contributed by atoms with Crippen molar-refractivity contribution in [3.8, 4) is 0 Å². The van der Waals surface area contributed by atoms with E-state index in [4.69, 9.17) is 28.4 Å². The highest BCUT2D eigenvalue weighted by Gasteiger charge is 2.48. The van der Waals surface area contributed by atoms with Crippen molar-refractivity contribution >= 4 is 53.7 Å². The lowest BCUT2D eigenvalue weighted by Crippen LogP contribution is -2.64. The van der Waals surface area contributed by atoms with Crippen LogP contribution in [-0.2, 0) is 71.6 Å². The highest BCUT2D eigenvalue weighted by Crippen LogP contribution is 2.26. The molecule has 0 bridgehead atoms. The van der Waals surface area contributed by atoms with Crippen molar-refractivity contribution in [2.75, 3.05) is 65.8 Å². The lowest BCUT2D eigenvalue weighted by atomic mass is 9.97. The Labute approximate surface area is 562 Å². The zero-order valence-electron chi connectivity index (χ0n) is 56.1. The Bertz CT molecular complexity index is 2270. The Balaban J connectivity index is 1.59. The van der Waals surface area contributed by atoms with Crippen LogP contribution < -0.4 is 47.9 Å². The Morgan fingerprint density at radius 3 is 1.03 bits per heavy atom. The second-order valence-corrected chi connectivity index (χ2v) is 24.7. The molecule has 0 saturated carbocycles. The number of amides is 9. The highest BCUT2D eigenvalue weighted by molar-refractivity contribution is 5.90. The summed E-state index contributed by atoms with van der Waals surface area (Å²) in [4.78, 5) is 114. The topological polar surface area (TPSA) is 499 Å². The maximum Gasteiger partial charge on any atom is 0.242 e. The monoisotopic (exact) mass is 1380 g/mol. The molecule has 0 spiro atoms. The number of carbonyl (C=O) groups excluding carboxylic acids is 9. The predicted octanol–water partition coefficient (Wildman–Crippen LogP) is -3.71. The molecule has 3 fully saturated rings. The summed E-state index contributed by atoms with van der Waals surface area (Å²) in [6, 6.07) is -5.54. The number of hydrogen-bond acceptors (Lipinski definition) is 24. The average molecular weight is 1380 g/mol. The van der Waals surface area contributed by atoms with Crippen LogP contribution in [0.3, 0.4) is 0 Å². The third-order valence-electron chi connectivity index (χ3n) is 16.7. The van der Waals surface area contributed by atoms with Crippen LogP contribution in [0.5, 0.6) is 0 Å². The number of ether oxygens (including phenoxy) is 6. The molecule has 17 unspecified atom stereocenters. The van der Waals surface area contributed by atoms with E-state index >= 15 is 0 Å². The third-order valence-corrected chi connectivity index (χ3v) is 16.7. The van der Waals surface area contributed by atoms with Gasteiger partial charge in [0.2, 0.25) is 53.7 Å². The Morgan fingerprint density at radius 2 is 0.688 bits per heavy atom. The molecule has 0 aliphatic carbocycles. The Morgan fingerprint density at radius 1 is 0.385 bits per heavy atom. The molecule has 3 saturated heterocycles. The summed E-state index contributed by atoms with van der Waals surface area (Å²) in [7, 11) is 0. The number of aliphatic hydroxyl groups excluding tert-OH is 9. The number of rotatable bonds is 51. The molecular formula is C63H113N9O24. The van der Waals surface area contributed by atoms with E-state index in [1.54, 1.807) is 0 Å². The largest absolute Gasteiger partial charge is 0.394 e. The standard InChI is InChI=1S/C63H113N9O24/c1-39(77)68-50-56(86)53(83)44(35-73)94-61(50)91-32-20-12-9-17-29-65-47(80)26-24-42(59(89)66-30-18-10-13-21-33-92-62-51(69-40(2)78)57(87)54(84)45(36-74)95-62)72-49(82)27-25-43(71-48(81)23-15-7-5-4-6-8-16-28-64-38-76)60(90)67-31-19-11-14-22-34-93-63-52(70-41(3)79)58(88)55(85)46(37-75)96-63/h38,42-46,50-58,61-63,73-75,83-88H,4-37H2,1-3H3,(H,64,76)(H,65,80)(H,66,89)(H,67,90)(H,68,77)(H,69,78)(H,70,79)(H,71,81)(H,72,82). The van der Waals surface area contributed by atoms with E-state index in [0.717, 1.165) is 38.5 Å². The van der Waals surface area contributed by atoms with Crippen molar-refractivity contribution in [1.82, 2.24) is 47.9 Å². The minimum atomic E-state index is -1.46. The summed E-state index contributed by atoms with van der Waals surface area (Å²) in [6.07, 6.45) is -2.36. The molecule has 0 aromatic heterocycles. The van der Waals surface area contributed by atoms with Crippen LogP contribution in [0.1, 0.15) is 175 Å². The van der Waals surface area contributed by atoms with Gasteiger partial charge in [0.15, 0.2) is 18.9 Å². The SMILES string of the molecule is CC(=O)NC1C(OCCCCCCNC(=O)CCC(NC(=O)CCC(NC(=O)CCCCCCCCCNC=O)C(=O)NCCCCCCOC2OC(CO)C(O)C(O)C2NC(C)=O)C(=O)NCCCCCCOC2OC(CO)C(O)C(O)C2NC(C)=O)OC(CO)C(O)C1O. The second-order valence-electron chi connectivity index (χ2n) is 24.7. The van der Waals surface area contributed by atoms with Gasteiger partial charge in [0.25, 0.3) is 0 Å². The van der Waals surface area contributed by atoms with E-state index in [-0.39, 0.29) is 76.8 Å². The number of unbranched alkanes of at least 4 members (excludes halogenated alkanes) is 15. The first kappa shape index (κ1) is 84.9. The van der Waals surface area contributed by atoms with Gasteiger partial charge in [0.05, 0.1) is 19.8 Å². The molecule has 33 nitrogen and oxygen atoms in total. The van der Waals surface area contributed by atoms with Crippen molar-refractivity contribution in [3.05, 3.63) is 0 Å². The average Bonchev–Trinajstić information content (AvgIpc) is 0.869. The summed E-state index contributed by atoms with van der Waals surface area (Å²) in [5.41, 5.74) is 0. The second kappa shape index (κ2) is 49.2. The fraction of sp³-hybridized carbons (Fsp3) is 0.857. The number of aliphatic hydroxyl groups is 9. The molecule has 3 heterocycles. The van der Waals surface area contributed by atoms with Gasteiger partial charge < -0.3 is 122 Å². The van der Waals surface area contributed by atoms with E-state index in [1.807, 2.05) is 0 Å². The molecule has 0 aromatic carbocycles. The molecule has 33 heteroatoms. The number of nitrogens with one attached hydrogen (secondary N) is 9. The van der Waals surface area contributed by atoms with Crippen LogP contribution in [-0.4, -0.2) is 269 Å². The van der Waals surface area contributed by atoms with E-state index < -0.39 is 159 Å². The van der Waals surface area contributed by atoms with Gasteiger partial charge in [0.1, 0.15) is 85.1 Å². The van der Waals surface area contributed by atoms with Gasteiger partial charge in [-0.15, -0.1) is 0 Å². The number of carbonyl (C=O) groups is 9. The Kier molecular flexibility index (Phi) is 43.5. The molecule has 96 heavy (non-hydrogen) atoms. The van der Waals surface area contributed by atoms with Gasteiger partial charge in [-0.2, -0.15) is 0 Å². The van der Waals surface area contributed by atoms with E-state index in [0.29, 0.717) is 103 Å². The fourth-order valence-electron chi connectivity index (χ4n) is 11.2. The lowest BCUT2D eigenvalue weighted by molar-refractivity contribution is -0.270. The summed E-state index contributed by atoms with van der Waals surface area (Å²) in [6.45, 7) is 3.73. The summed E-state index contributed by atoms with van der Waals surface area (Å²) in [5.74, 6) is -3.92. The minimum Gasteiger partial charge on any atom is -0.394 e. The van der Waals surface area contributed by atoms with Crippen molar-refractivity contribution in [2.45, 2.75) is 279 Å². The summed E-state index contributed by atoms with van der Waals surface area (Å²) >= 11 is 0. The van der Waals surface area contributed by atoms with Gasteiger partial charge in [0, 0.05) is 86.0 Å². The van der Waals surface area contributed by atoms with Crippen LogP contribution in [0.2, 0.25) is 0 Å². The van der Waals surface area contributed by atoms with E-state index in [1.165, 1.54) is 20.8 Å². The van der Waals surface area contributed by atoms with Crippen LogP contribution in [0, 0.1) is 0 Å². The maximum absolute atomic E-state index is 13.8. The molecule has 3 aliphatic rings. The number of hydrogen-bond donors (Lipinski definition) is 18. The molecule has 18 N–H and O–H groups in total. The maximum atomic E-state index is 13.8. The van der Waals surface area contributed by atoms with E-state index in [2.05, 4.69) is 47.9 Å². The zero-order valence-corrected chi connectivity index (χ0v) is 56.1. The van der Waals surface area contributed by atoms with Gasteiger partial charge in [-0.1, -0.05) is 70.6 Å². The molecule has 17 atom stereocenters. The zero-order chi connectivity index (χ0) is 70.8. The molecule has 554 valence electrons. The first-order valence-corrected chi connectivity index (χ1v) is 34.2. The van der Waals surface area contributed by atoms with Crippen molar-refractivity contribution < 1.29 is 118 Å². The van der Waals surface area contributed by atoms with Gasteiger partial charge in [-0.25, -0.2) is 0 Å². The molecular weight excluding hydrogens is 1270 g/mol. The summed E-state index contributed by atoms with van der Waals surface area (Å²) in [5, 5.41) is 116. The molecule has 3 aliphatic heterocycles. The molecule has 3 rings (SSSR count). The summed E-state index contributed by atoms with van der Waals surface area (Å²) < 4.78 is 34.2.